The van der Waals surface area contributed by atoms with E-state index in [0.29, 0.717) is 5.88 Å². The predicted octanol–water partition coefficient (Wildman–Crippen LogP) is 2.27. The number of ether oxygens (including phenoxy) is 1. The predicted molar refractivity (Wildman–Crippen MR) is 66.3 cm³/mol. The molecule has 0 saturated heterocycles. The molecule has 0 saturated carbocycles. The molecular formula is C12H14ClN3O. The molecule has 1 heterocycles. The van der Waals surface area contributed by atoms with Crippen LogP contribution in [0.15, 0.2) is 30.6 Å². The van der Waals surface area contributed by atoms with Gasteiger partial charge in [-0.25, -0.2) is 0 Å². The molecule has 0 spiro atoms. The Balaban J connectivity index is 2.02. The molecule has 4 nitrogen and oxygen atoms in total. The first-order valence-electron chi connectivity index (χ1n) is 5.39. The van der Waals surface area contributed by atoms with Crippen LogP contribution >= 0.6 is 11.6 Å². The summed E-state index contributed by atoms with van der Waals surface area (Å²) in [5.41, 5.74) is 1.22. The van der Waals surface area contributed by atoms with Crippen LogP contribution in [-0.2, 0) is 18.8 Å². The number of benzene rings is 1. The van der Waals surface area contributed by atoms with Gasteiger partial charge < -0.3 is 9.30 Å². The first-order chi connectivity index (χ1) is 8.33. The van der Waals surface area contributed by atoms with Gasteiger partial charge in [0.1, 0.15) is 17.9 Å². The van der Waals surface area contributed by atoms with Crippen LogP contribution < -0.4 is 4.74 Å². The van der Waals surface area contributed by atoms with Gasteiger partial charge in [0.05, 0.1) is 13.0 Å². The third kappa shape index (κ3) is 2.97. The first kappa shape index (κ1) is 11.9. The van der Waals surface area contributed by atoms with Crippen molar-refractivity contribution in [2.45, 2.75) is 18.8 Å². The summed E-state index contributed by atoms with van der Waals surface area (Å²) in [4.78, 5) is 0. The van der Waals surface area contributed by atoms with Crippen molar-refractivity contribution in [3.05, 3.63) is 42.0 Å². The van der Waals surface area contributed by atoms with E-state index in [2.05, 4.69) is 16.3 Å². The fraction of sp³-hybridized carbons (Fsp3) is 0.333. The summed E-state index contributed by atoms with van der Waals surface area (Å²) in [6, 6.07) is 8.03. The Kier molecular flexibility index (Phi) is 3.98. The van der Waals surface area contributed by atoms with E-state index in [1.807, 2.05) is 22.8 Å². The summed E-state index contributed by atoms with van der Waals surface area (Å²) in [5.74, 6) is 2.07. The van der Waals surface area contributed by atoms with Crippen LogP contribution in [0.3, 0.4) is 0 Å². The lowest BCUT2D eigenvalue weighted by atomic mass is 10.1. The average molecular weight is 252 g/mol. The van der Waals surface area contributed by atoms with Crippen molar-refractivity contribution in [3.8, 4) is 5.75 Å². The van der Waals surface area contributed by atoms with Gasteiger partial charge in [-0.3, -0.25) is 0 Å². The summed E-state index contributed by atoms with van der Waals surface area (Å²) in [6.07, 6.45) is 2.61. The van der Waals surface area contributed by atoms with Gasteiger partial charge in [0, 0.05) is 6.54 Å². The third-order valence-corrected chi connectivity index (χ3v) is 2.83. The van der Waals surface area contributed by atoms with Gasteiger partial charge in [0.15, 0.2) is 0 Å². The summed E-state index contributed by atoms with van der Waals surface area (Å²) >= 11 is 5.76. The summed E-state index contributed by atoms with van der Waals surface area (Å²) in [6.45, 7) is 0.822. The lowest BCUT2D eigenvalue weighted by Crippen LogP contribution is -2.04. The molecule has 0 N–H and O–H groups in total. The molecule has 17 heavy (non-hydrogen) atoms. The van der Waals surface area contributed by atoms with Crippen molar-refractivity contribution in [1.29, 1.82) is 0 Å². The zero-order chi connectivity index (χ0) is 12.1. The highest BCUT2D eigenvalue weighted by molar-refractivity contribution is 6.16. The standard InChI is InChI=1S/C12H14ClN3O/c1-17-11-4-2-3-10(7-11)5-6-16-9-14-15-12(16)8-13/h2-4,7,9H,5-6,8H2,1H3. The minimum atomic E-state index is 0.387. The molecule has 0 amide bonds. The Hall–Kier alpha value is -1.55. The Morgan fingerprint density at radius 1 is 1.41 bits per heavy atom. The molecule has 0 fully saturated rings. The fourth-order valence-corrected chi connectivity index (χ4v) is 1.85. The molecule has 0 radical (unpaired) electrons. The van der Waals surface area contributed by atoms with E-state index < -0.39 is 0 Å². The maximum absolute atomic E-state index is 5.76. The van der Waals surface area contributed by atoms with Gasteiger partial charge in [-0.15, -0.1) is 21.8 Å². The third-order valence-electron chi connectivity index (χ3n) is 2.59. The van der Waals surface area contributed by atoms with E-state index in [1.54, 1.807) is 13.4 Å². The number of nitrogens with zero attached hydrogens (tertiary/aromatic N) is 3. The molecule has 1 aromatic carbocycles. The number of rotatable bonds is 5. The number of hydrogen-bond acceptors (Lipinski definition) is 3. The number of aromatic nitrogens is 3. The normalized spacial score (nSPS) is 10.5. The topological polar surface area (TPSA) is 39.9 Å². The number of aryl methyl sites for hydroxylation is 2. The smallest absolute Gasteiger partial charge is 0.147 e. The van der Waals surface area contributed by atoms with Crippen LogP contribution in [0, 0.1) is 0 Å². The highest BCUT2D eigenvalue weighted by Crippen LogP contribution is 2.13. The molecule has 5 heteroatoms. The number of hydrogen-bond donors (Lipinski definition) is 0. The average Bonchev–Trinajstić information content (AvgIpc) is 2.84. The van der Waals surface area contributed by atoms with Crippen molar-refractivity contribution in [2.75, 3.05) is 7.11 Å². The Morgan fingerprint density at radius 3 is 3.06 bits per heavy atom. The molecule has 2 rings (SSSR count). The van der Waals surface area contributed by atoms with Gasteiger partial charge in [-0.2, -0.15) is 0 Å². The Bertz CT molecular complexity index is 484. The second-order valence-electron chi connectivity index (χ2n) is 3.68. The summed E-state index contributed by atoms with van der Waals surface area (Å²) < 4.78 is 7.15. The minimum Gasteiger partial charge on any atom is -0.497 e. The molecule has 0 aliphatic carbocycles. The van der Waals surface area contributed by atoms with Crippen LogP contribution in [0.4, 0.5) is 0 Å². The summed E-state index contributed by atoms with van der Waals surface area (Å²) in [7, 11) is 1.67. The molecule has 0 unspecified atom stereocenters. The number of halogens is 1. The molecular weight excluding hydrogens is 238 g/mol. The second-order valence-corrected chi connectivity index (χ2v) is 3.94. The lowest BCUT2D eigenvalue weighted by Gasteiger charge is -2.06. The van der Waals surface area contributed by atoms with Crippen molar-refractivity contribution in [2.24, 2.45) is 0 Å². The van der Waals surface area contributed by atoms with Crippen molar-refractivity contribution < 1.29 is 4.74 Å². The van der Waals surface area contributed by atoms with E-state index in [9.17, 15) is 0 Å². The Morgan fingerprint density at radius 2 is 2.29 bits per heavy atom. The van der Waals surface area contributed by atoms with Gasteiger partial charge in [0.25, 0.3) is 0 Å². The molecule has 0 atom stereocenters. The zero-order valence-corrected chi connectivity index (χ0v) is 10.4. The van der Waals surface area contributed by atoms with Gasteiger partial charge in [-0.1, -0.05) is 12.1 Å². The Labute approximate surface area is 105 Å². The SMILES string of the molecule is COc1cccc(CCn2cnnc2CCl)c1. The highest BCUT2D eigenvalue weighted by Gasteiger charge is 2.03. The summed E-state index contributed by atoms with van der Waals surface area (Å²) in [5, 5.41) is 7.78. The maximum Gasteiger partial charge on any atom is 0.147 e. The van der Waals surface area contributed by atoms with E-state index >= 15 is 0 Å². The van der Waals surface area contributed by atoms with Crippen LogP contribution in [0.5, 0.6) is 5.75 Å². The monoisotopic (exact) mass is 251 g/mol. The fourth-order valence-electron chi connectivity index (χ4n) is 1.65. The molecule has 1 aromatic heterocycles. The molecule has 0 aliphatic heterocycles. The molecule has 2 aromatic rings. The van der Waals surface area contributed by atoms with Crippen molar-refractivity contribution >= 4 is 11.6 Å². The second kappa shape index (κ2) is 5.68. The van der Waals surface area contributed by atoms with E-state index in [1.165, 1.54) is 5.56 Å². The lowest BCUT2D eigenvalue weighted by molar-refractivity contribution is 0.414. The first-order valence-corrected chi connectivity index (χ1v) is 5.92. The van der Waals surface area contributed by atoms with Gasteiger partial charge in [0.2, 0.25) is 0 Å². The van der Waals surface area contributed by atoms with Crippen molar-refractivity contribution in [1.82, 2.24) is 14.8 Å². The largest absolute Gasteiger partial charge is 0.497 e. The van der Waals surface area contributed by atoms with Crippen LogP contribution in [0.1, 0.15) is 11.4 Å². The quantitative estimate of drug-likeness (QED) is 0.766. The molecule has 0 aliphatic rings. The van der Waals surface area contributed by atoms with Gasteiger partial charge >= 0.3 is 0 Å². The number of alkyl halides is 1. The van der Waals surface area contributed by atoms with E-state index in [-0.39, 0.29) is 0 Å². The zero-order valence-electron chi connectivity index (χ0n) is 9.64. The number of methoxy groups -OCH3 is 1. The van der Waals surface area contributed by atoms with Crippen LogP contribution in [-0.4, -0.2) is 21.9 Å². The maximum atomic E-state index is 5.76. The van der Waals surface area contributed by atoms with Crippen LogP contribution in [0.2, 0.25) is 0 Å². The van der Waals surface area contributed by atoms with Crippen LogP contribution in [0.25, 0.3) is 0 Å². The molecule has 90 valence electrons. The molecule has 0 bridgehead atoms. The van der Waals surface area contributed by atoms with Crippen molar-refractivity contribution in [3.63, 3.8) is 0 Å². The van der Waals surface area contributed by atoms with Gasteiger partial charge in [-0.05, 0) is 24.1 Å². The highest BCUT2D eigenvalue weighted by atomic mass is 35.5. The van der Waals surface area contributed by atoms with E-state index in [0.717, 1.165) is 24.5 Å². The minimum absolute atomic E-state index is 0.387. The van der Waals surface area contributed by atoms with E-state index in [4.69, 9.17) is 16.3 Å².